The maximum Gasteiger partial charge on any atom is 0.272 e. The van der Waals surface area contributed by atoms with Crippen LogP contribution in [-0.2, 0) is 11.2 Å². The van der Waals surface area contributed by atoms with Gasteiger partial charge in [0.1, 0.15) is 34.9 Å². The molecule has 2 aromatic carbocycles. The molecule has 2 saturated heterocycles. The zero-order valence-electron chi connectivity index (χ0n) is 37.8. The summed E-state index contributed by atoms with van der Waals surface area (Å²) >= 11 is 7.92. The maximum absolute atomic E-state index is 14.5. The highest BCUT2D eigenvalue weighted by Crippen LogP contribution is 2.41. The standard InChI is InChI=1S/C50H52ClN11O4S/c1-29-30(2)67-50-45(29)46(55-41(26-44-53-21-24-65-44)47-59-56-31(3)62(47)50)33-11-9-32(10-12-33)42-8-4-5-23-61(42)49(64)35-7-6-22-60(28-35)43-20-19-40(57-58-43)48(63)54-36-14-17-37(18-15-36)66-38-16-13-34(27-52)39(51)25-38/h9-13,16,19-21,24-25,35-37,41-42H,4-8,14-15,17-18,22-23,26,28H2,1-3H3,(H,54,63)/t35-,36?,37?,41-,42+/m0/s1. The largest absolute Gasteiger partial charge is 0.490 e. The molecule has 1 aliphatic carbocycles. The summed E-state index contributed by atoms with van der Waals surface area (Å²) in [6.07, 6.45) is 11.4. The van der Waals surface area contributed by atoms with Crippen molar-refractivity contribution in [2.75, 3.05) is 24.5 Å². The molecule has 15 nitrogen and oxygen atoms in total. The third-order valence-electron chi connectivity index (χ3n) is 13.8. The van der Waals surface area contributed by atoms with Gasteiger partial charge in [0.25, 0.3) is 5.91 Å². The van der Waals surface area contributed by atoms with Gasteiger partial charge in [0.05, 0.1) is 47.0 Å². The average Bonchev–Trinajstić information content (AvgIpc) is 4.07. The highest BCUT2D eigenvalue weighted by molar-refractivity contribution is 7.15. The van der Waals surface area contributed by atoms with Gasteiger partial charge in [-0.3, -0.25) is 19.1 Å². The Morgan fingerprint density at radius 2 is 1.78 bits per heavy atom. The fourth-order valence-corrected chi connectivity index (χ4v) is 11.5. The van der Waals surface area contributed by atoms with Crippen LogP contribution in [0.5, 0.6) is 5.75 Å². The molecular weight excluding hydrogens is 886 g/mol. The van der Waals surface area contributed by atoms with E-state index in [1.165, 1.54) is 10.4 Å². The smallest absolute Gasteiger partial charge is 0.272 e. The first-order chi connectivity index (χ1) is 32.6. The third kappa shape index (κ3) is 9.06. The molecule has 17 heteroatoms. The Balaban J connectivity index is 0.788. The van der Waals surface area contributed by atoms with Gasteiger partial charge in [-0.15, -0.1) is 31.7 Å². The minimum Gasteiger partial charge on any atom is -0.490 e. The van der Waals surface area contributed by atoms with Crippen LogP contribution in [0.3, 0.4) is 0 Å². The number of piperidine rings is 2. The van der Waals surface area contributed by atoms with Crippen LogP contribution >= 0.6 is 22.9 Å². The van der Waals surface area contributed by atoms with Crippen LogP contribution in [0.4, 0.5) is 5.82 Å². The minimum atomic E-state index is -0.356. The first-order valence-corrected chi connectivity index (χ1v) is 24.5. The Hall–Kier alpha value is -6.44. The summed E-state index contributed by atoms with van der Waals surface area (Å²) < 4.78 is 13.9. The molecular formula is C50H52ClN11O4S. The molecule has 0 spiro atoms. The SMILES string of the molecule is Cc1sc2c(c1C)C(c1ccc([C@H]3CCCCN3C(=O)[C@H]3CCCN(c4ccc(C(=O)NC5CCC(Oc6ccc(C#N)c(Cl)c6)CC5)nn4)C3)cc1)=N[C@@H](Cc1ncco1)c1nnc(C)n1-2. The predicted molar refractivity (Wildman–Crippen MR) is 254 cm³/mol. The van der Waals surface area contributed by atoms with Gasteiger partial charge < -0.3 is 24.3 Å². The van der Waals surface area contributed by atoms with E-state index in [1.807, 2.05) is 13.0 Å². The number of amides is 2. The quantitative estimate of drug-likeness (QED) is 0.139. The van der Waals surface area contributed by atoms with Gasteiger partial charge in [0.2, 0.25) is 5.91 Å². The fraction of sp³-hybridized carbons (Fsp3) is 0.420. The van der Waals surface area contributed by atoms with E-state index in [0.717, 1.165) is 110 Å². The number of aryl methyl sites for hydroxylation is 2. The molecule has 0 bridgehead atoms. The van der Waals surface area contributed by atoms with Crippen molar-refractivity contribution in [3.05, 3.63) is 128 Å². The van der Waals surface area contributed by atoms with Gasteiger partial charge in [0, 0.05) is 47.7 Å². The number of aromatic nitrogens is 6. The van der Waals surface area contributed by atoms with Gasteiger partial charge in [-0.05, 0) is 114 Å². The van der Waals surface area contributed by atoms with Crippen LogP contribution in [0.2, 0.25) is 5.02 Å². The van der Waals surface area contributed by atoms with Crippen LogP contribution in [-0.4, -0.2) is 84.2 Å². The van der Waals surface area contributed by atoms with Crippen molar-refractivity contribution in [2.45, 2.75) is 109 Å². The summed E-state index contributed by atoms with van der Waals surface area (Å²) in [5.41, 5.74) is 5.97. The topological polar surface area (TPSA) is 181 Å². The molecule has 7 heterocycles. The number of hydrogen-bond donors (Lipinski definition) is 1. The number of carbonyl (C=O) groups excluding carboxylic acids is 2. The number of aliphatic imine (C=N–C) groups is 1. The number of oxazole rings is 1. The molecule has 2 amide bonds. The Morgan fingerprint density at radius 3 is 2.52 bits per heavy atom. The van der Waals surface area contributed by atoms with Crippen LogP contribution in [0.1, 0.15) is 131 Å². The Morgan fingerprint density at radius 1 is 0.940 bits per heavy atom. The first-order valence-electron chi connectivity index (χ1n) is 23.3. The number of nitrogens with zero attached hydrogens (tertiary/aromatic N) is 10. The molecule has 3 fully saturated rings. The second kappa shape index (κ2) is 19.0. The molecule has 3 atom stereocenters. The molecule has 67 heavy (non-hydrogen) atoms. The van der Waals surface area contributed by atoms with E-state index < -0.39 is 0 Å². The van der Waals surface area contributed by atoms with Crippen LogP contribution in [0.25, 0.3) is 5.00 Å². The highest BCUT2D eigenvalue weighted by atomic mass is 35.5. The van der Waals surface area contributed by atoms with Crippen molar-refractivity contribution in [1.29, 1.82) is 5.26 Å². The summed E-state index contributed by atoms with van der Waals surface area (Å²) in [4.78, 5) is 43.1. The van der Waals surface area contributed by atoms with E-state index >= 15 is 0 Å². The summed E-state index contributed by atoms with van der Waals surface area (Å²) in [5, 5.41) is 31.6. The summed E-state index contributed by atoms with van der Waals surface area (Å²) in [5.74, 6) is 3.21. The highest BCUT2D eigenvalue weighted by Gasteiger charge is 2.37. The lowest BCUT2D eigenvalue weighted by Crippen LogP contribution is -2.47. The Bertz CT molecular complexity index is 2840. The van der Waals surface area contributed by atoms with E-state index in [-0.39, 0.29) is 47.7 Å². The number of anilines is 1. The summed E-state index contributed by atoms with van der Waals surface area (Å²) in [6, 6.07) is 19.0. The number of hydrogen-bond acceptors (Lipinski definition) is 13. The molecule has 0 unspecified atom stereocenters. The monoisotopic (exact) mass is 937 g/mol. The first kappa shape index (κ1) is 44.4. The molecule has 1 saturated carbocycles. The lowest BCUT2D eigenvalue weighted by atomic mass is 9.90. The Kier molecular flexibility index (Phi) is 12.6. The number of nitriles is 1. The van der Waals surface area contributed by atoms with Crippen molar-refractivity contribution in [3.63, 3.8) is 0 Å². The van der Waals surface area contributed by atoms with Gasteiger partial charge in [-0.1, -0.05) is 35.9 Å². The molecule has 4 aromatic heterocycles. The van der Waals surface area contributed by atoms with E-state index in [1.54, 1.807) is 48.1 Å². The number of ether oxygens (including phenoxy) is 1. The number of halogens is 1. The molecule has 1 N–H and O–H groups in total. The lowest BCUT2D eigenvalue weighted by Gasteiger charge is -2.41. The normalized spacial score (nSPS) is 21.7. The maximum atomic E-state index is 14.5. The second-order valence-corrected chi connectivity index (χ2v) is 19.7. The number of rotatable bonds is 10. The van der Waals surface area contributed by atoms with Crippen molar-refractivity contribution in [3.8, 4) is 16.8 Å². The van der Waals surface area contributed by atoms with E-state index in [4.69, 9.17) is 31.0 Å². The zero-order valence-corrected chi connectivity index (χ0v) is 39.4. The van der Waals surface area contributed by atoms with Gasteiger partial charge in [-0.25, -0.2) is 4.98 Å². The summed E-state index contributed by atoms with van der Waals surface area (Å²) in [7, 11) is 0. The van der Waals surface area contributed by atoms with Gasteiger partial charge >= 0.3 is 0 Å². The number of fused-ring (bicyclic) bond motifs is 3. The van der Waals surface area contributed by atoms with Gasteiger partial charge in [0.15, 0.2) is 23.2 Å². The third-order valence-corrected chi connectivity index (χ3v) is 15.3. The second-order valence-electron chi connectivity index (χ2n) is 18.1. The number of carbonyl (C=O) groups is 2. The Labute approximate surface area is 398 Å². The number of thiophene rings is 1. The number of likely N-dealkylation sites (tertiary alicyclic amines) is 1. The summed E-state index contributed by atoms with van der Waals surface area (Å²) in [6.45, 7) is 8.31. The van der Waals surface area contributed by atoms with Crippen molar-refractivity contribution in [2.24, 2.45) is 10.9 Å². The average molecular weight is 939 g/mol. The lowest BCUT2D eigenvalue weighted by molar-refractivity contribution is -0.139. The predicted octanol–water partition coefficient (Wildman–Crippen LogP) is 8.78. The van der Waals surface area contributed by atoms with Crippen LogP contribution in [0, 0.1) is 38.0 Å². The fourth-order valence-electron chi connectivity index (χ4n) is 10.1. The van der Waals surface area contributed by atoms with E-state index in [9.17, 15) is 9.59 Å². The molecule has 0 radical (unpaired) electrons. The molecule has 344 valence electrons. The van der Waals surface area contributed by atoms with Crippen LogP contribution < -0.4 is 15.0 Å². The zero-order chi connectivity index (χ0) is 46.2. The van der Waals surface area contributed by atoms with Crippen molar-refractivity contribution < 1.29 is 18.7 Å². The van der Waals surface area contributed by atoms with Crippen molar-refractivity contribution in [1.82, 2.24) is 40.2 Å². The van der Waals surface area contributed by atoms with Crippen LogP contribution in [0.15, 0.2) is 76.5 Å². The number of benzene rings is 2. The van der Waals surface area contributed by atoms with Gasteiger partial charge in [-0.2, -0.15) is 5.26 Å². The van der Waals surface area contributed by atoms with Crippen molar-refractivity contribution >= 4 is 46.3 Å². The van der Waals surface area contributed by atoms with E-state index in [2.05, 4.69) is 89.2 Å². The minimum absolute atomic E-state index is 0.000723. The van der Waals surface area contributed by atoms with E-state index in [0.29, 0.717) is 41.0 Å². The number of nitrogens with one attached hydrogen (secondary N) is 1. The molecule has 4 aliphatic rings. The molecule has 3 aliphatic heterocycles. The molecule has 6 aromatic rings. The molecule has 10 rings (SSSR count).